The molecule has 1 aliphatic rings. The van der Waals surface area contributed by atoms with Crippen LogP contribution in [0.1, 0.15) is 18.1 Å². The highest BCUT2D eigenvalue weighted by molar-refractivity contribution is 5.94. The molecule has 130 valence electrons. The van der Waals surface area contributed by atoms with Gasteiger partial charge in [-0.15, -0.1) is 0 Å². The summed E-state index contributed by atoms with van der Waals surface area (Å²) in [6.45, 7) is 2.03. The lowest BCUT2D eigenvalue weighted by atomic mass is 9.98. The molecule has 0 bridgehead atoms. The maximum absolute atomic E-state index is 12.8. The molecule has 2 aromatic rings. The second-order valence-electron chi connectivity index (χ2n) is 6.40. The molecule has 3 rings (SSSR count). The highest BCUT2D eigenvalue weighted by atomic mass is 16.6. The molecule has 0 unspecified atom stereocenters. The van der Waals surface area contributed by atoms with E-state index in [0.717, 1.165) is 11.1 Å². The maximum Gasteiger partial charge on any atom is 0.416 e. The molecule has 25 heavy (non-hydrogen) atoms. The number of phenolic OH excluding ortho intramolecular Hbond substituents is 1. The van der Waals surface area contributed by atoms with Gasteiger partial charge in [-0.05, 0) is 36.1 Å². The largest absolute Gasteiger partial charge is 0.508 e. The van der Waals surface area contributed by atoms with E-state index in [1.54, 1.807) is 31.2 Å². The molecule has 5 heteroatoms. The number of carbonyl (C=O) groups is 2. The third-order valence-electron chi connectivity index (χ3n) is 4.41. The molecule has 2 aromatic carbocycles. The highest BCUT2D eigenvalue weighted by Gasteiger charge is 2.39. The molecular weight excluding hydrogens is 318 g/mol. The van der Waals surface area contributed by atoms with E-state index in [9.17, 15) is 14.7 Å². The number of benzene rings is 2. The molecule has 2 atom stereocenters. The number of hydrogen-bond donors (Lipinski definition) is 1. The quantitative estimate of drug-likeness (QED) is 0.909. The number of amides is 2. The zero-order valence-electron chi connectivity index (χ0n) is 14.1. The minimum absolute atomic E-state index is 0.189. The van der Waals surface area contributed by atoms with Crippen LogP contribution in [0.4, 0.5) is 4.79 Å². The molecule has 0 spiro atoms. The van der Waals surface area contributed by atoms with Crippen LogP contribution in [-0.4, -0.2) is 34.7 Å². The SMILES string of the molecule is C[C@@H](Cc1ccc(O)cc1)C(=O)N1C(=O)OC[C@@H]1Cc1ccccc1. The van der Waals surface area contributed by atoms with Crippen LogP contribution < -0.4 is 0 Å². The Hall–Kier alpha value is -2.82. The Morgan fingerprint density at radius 2 is 1.84 bits per heavy atom. The zero-order valence-corrected chi connectivity index (χ0v) is 14.1. The summed E-state index contributed by atoms with van der Waals surface area (Å²) in [7, 11) is 0. The summed E-state index contributed by atoms with van der Waals surface area (Å²) in [6.07, 6.45) is 0.522. The van der Waals surface area contributed by atoms with Crippen molar-refractivity contribution in [3.05, 3.63) is 65.7 Å². The van der Waals surface area contributed by atoms with Gasteiger partial charge in [0.1, 0.15) is 12.4 Å². The third kappa shape index (κ3) is 3.99. The molecule has 0 saturated carbocycles. The van der Waals surface area contributed by atoms with Crippen LogP contribution in [0.5, 0.6) is 5.75 Å². The minimum atomic E-state index is -0.566. The summed E-state index contributed by atoms with van der Waals surface area (Å²) in [5.74, 6) is -0.390. The van der Waals surface area contributed by atoms with Crippen LogP contribution in [0.3, 0.4) is 0 Å². The van der Waals surface area contributed by atoms with Crippen molar-refractivity contribution in [1.29, 1.82) is 0 Å². The van der Waals surface area contributed by atoms with E-state index < -0.39 is 6.09 Å². The molecule has 0 aromatic heterocycles. The molecule has 1 saturated heterocycles. The van der Waals surface area contributed by atoms with Gasteiger partial charge in [-0.1, -0.05) is 49.4 Å². The fourth-order valence-corrected chi connectivity index (χ4v) is 3.08. The van der Waals surface area contributed by atoms with E-state index in [1.165, 1.54) is 4.90 Å². The van der Waals surface area contributed by atoms with Crippen molar-refractivity contribution in [1.82, 2.24) is 4.90 Å². The summed E-state index contributed by atoms with van der Waals surface area (Å²) >= 11 is 0. The molecule has 0 aliphatic carbocycles. The maximum atomic E-state index is 12.8. The molecule has 1 N–H and O–H groups in total. The number of ether oxygens (including phenoxy) is 1. The Balaban J connectivity index is 1.69. The van der Waals surface area contributed by atoms with Crippen molar-refractivity contribution >= 4 is 12.0 Å². The van der Waals surface area contributed by atoms with Gasteiger partial charge in [0.2, 0.25) is 5.91 Å². The second-order valence-corrected chi connectivity index (χ2v) is 6.40. The fourth-order valence-electron chi connectivity index (χ4n) is 3.08. The Bertz CT molecular complexity index is 742. The predicted octanol–water partition coefficient (Wildman–Crippen LogP) is 3.16. The van der Waals surface area contributed by atoms with Gasteiger partial charge < -0.3 is 9.84 Å². The van der Waals surface area contributed by atoms with Crippen molar-refractivity contribution in [2.45, 2.75) is 25.8 Å². The summed E-state index contributed by atoms with van der Waals surface area (Å²) in [5, 5.41) is 9.35. The summed E-state index contributed by atoms with van der Waals surface area (Å²) in [5.41, 5.74) is 2.00. The van der Waals surface area contributed by atoms with E-state index in [4.69, 9.17) is 4.74 Å². The van der Waals surface area contributed by atoms with Crippen LogP contribution in [0, 0.1) is 5.92 Å². The standard InChI is InChI=1S/C20H21NO4/c1-14(11-16-7-9-18(22)10-8-16)19(23)21-17(13-25-20(21)24)12-15-5-3-2-4-6-15/h2-10,14,17,22H,11-13H2,1H3/t14-,17-/m0/s1. The first kappa shape index (κ1) is 17.0. The Morgan fingerprint density at radius 1 is 1.16 bits per heavy atom. The average Bonchev–Trinajstić information content (AvgIpc) is 2.97. The van der Waals surface area contributed by atoms with Gasteiger partial charge in [-0.3, -0.25) is 4.79 Å². The highest BCUT2D eigenvalue weighted by Crippen LogP contribution is 2.22. The lowest BCUT2D eigenvalue weighted by Crippen LogP contribution is -2.43. The van der Waals surface area contributed by atoms with Gasteiger partial charge in [0.15, 0.2) is 0 Å². The lowest BCUT2D eigenvalue weighted by molar-refractivity contribution is -0.132. The van der Waals surface area contributed by atoms with Gasteiger partial charge >= 0.3 is 6.09 Å². The fraction of sp³-hybridized carbons (Fsp3) is 0.300. The first-order valence-electron chi connectivity index (χ1n) is 8.36. The Labute approximate surface area is 146 Å². The van der Waals surface area contributed by atoms with Gasteiger partial charge in [0, 0.05) is 5.92 Å². The summed E-state index contributed by atoms with van der Waals surface area (Å²) in [6, 6.07) is 16.2. The number of nitrogens with zero attached hydrogens (tertiary/aromatic N) is 1. The van der Waals surface area contributed by atoms with Crippen molar-refractivity contribution in [3.8, 4) is 5.75 Å². The Kier molecular flexibility index (Phi) is 5.03. The van der Waals surface area contributed by atoms with E-state index in [-0.39, 0.29) is 30.2 Å². The average molecular weight is 339 g/mol. The van der Waals surface area contributed by atoms with Crippen LogP contribution in [-0.2, 0) is 22.4 Å². The van der Waals surface area contributed by atoms with Crippen LogP contribution in [0.15, 0.2) is 54.6 Å². The smallest absolute Gasteiger partial charge is 0.416 e. The number of carbonyl (C=O) groups excluding carboxylic acids is 2. The molecule has 1 fully saturated rings. The van der Waals surface area contributed by atoms with Gasteiger partial charge in [0.25, 0.3) is 0 Å². The zero-order chi connectivity index (χ0) is 17.8. The van der Waals surface area contributed by atoms with Crippen LogP contribution in [0.25, 0.3) is 0 Å². The van der Waals surface area contributed by atoms with E-state index in [0.29, 0.717) is 12.8 Å². The number of cyclic esters (lactones) is 1. The van der Waals surface area contributed by atoms with E-state index in [2.05, 4.69) is 0 Å². The number of hydrogen-bond acceptors (Lipinski definition) is 4. The van der Waals surface area contributed by atoms with Gasteiger partial charge in [0.05, 0.1) is 6.04 Å². The van der Waals surface area contributed by atoms with Crippen molar-refractivity contribution in [3.63, 3.8) is 0 Å². The van der Waals surface area contributed by atoms with Crippen LogP contribution in [0.2, 0.25) is 0 Å². The van der Waals surface area contributed by atoms with E-state index in [1.807, 2.05) is 30.3 Å². The van der Waals surface area contributed by atoms with Crippen molar-refractivity contribution in [2.24, 2.45) is 5.92 Å². The molecule has 0 radical (unpaired) electrons. The number of phenols is 1. The molecule has 2 amide bonds. The van der Waals surface area contributed by atoms with Gasteiger partial charge in [-0.2, -0.15) is 0 Å². The topological polar surface area (TPSA) is 66.8 Å². The summed E-state index contributed by atoms with van der Waals surface area (Å²) < 4.78 is 5.12. The van der Waals surface area contributed by atoms with Gasteiger partial charge in [-0.25, -0.2) is 9.69 Å². The minimum Gasteiger partial charge on any atom is -0.508 e. The van der Waals surface area contributed by atoms with Crippen molar-refractivity contribution < 1.29 is 19.4 Å². The van der Waals surface area contributed by atoms with Crippen molar-refractivity contribution in [2.75, 3.05) is 6.61 Å². The summed E-state index contributed by atoms with van der Waals surface area (Å²) in [4.78, 5) is 26.1. The lowest BCUT2D eigenvalue weighted by Gasteiger charge is -2.23. The van der Waals surface area contributed by atoms with Crippen LogP contribution >= 0.6 is 0 Å². The normalized spacial score (nSPS) is 18.0. The third-order valence-corrected chi connectivity index (χ3v) is 4.41. The number of rotatable bonds is 5. The monoisotopic (exact) mass is 339 g/mol. The molecule has 1 aliphatic heterocycles. The second kappa shape index (κ2) is 7.38. The first-order chi connectivity index (χ1) is 12.0. The molecule has 5 nitrogen and oxygen atoms in total. The predicted molar refractivity (Wildman–Crippen MR) is 93.1 cm³/mol. The Morgan fingerprint density at radius 3 is 2.52 bits per heavy atom. The first-order valence-corrected chi connectivity index (χ1v) is 8.36. The number of imide groups is 1. The molecule has 1 heterocycles. The van der Waals surface area contributed by atoms with E-state index >= 15 is 0 Å². The number of aromatic hydroxyl groups is 1. The molecular formula is C20H21NO4.